The van der Waals surface area contributed by atoms with E-state index in [0.29, 0.717) is 5.92 Å². The molecule has 0 saturated heterocycles. The maximum Gasteiger partial charge on any atom is 0.184 e. The molecule has 0 amide bonds. The SMILES string of the molecule is CC(C)c1cc[n+](C(C)(C)C)s1. The number of hydrogen-bond acceptors (Lipinski definition) is 1. The van der Waals surface area contributed by atoms with Crippen molar-refractivity contribution in [3.05, 3.63) is 17.1 Å². The molecule has 0 atom stereocenters. The van der Waals surface area contributed by atoms with E-state index in [4.69, 9.17) is 0 Å². The molecule has 1 rings (SSSR count). The van der Waals surface area contributed by atoms with Crippen molar-refractivity contribution >= 4 is 11.5 Å². The van der Waals surface area contributed by atoms with Gasteiger partial charge < -0.3 is 0 Å². The molecule has 1 aromatic heterocycles. The zero-order valence-corrected chi connectivity index (χ0v) is 9.40. The van der Waals surface area contributed by atoms with E-state index in [9.17, 15) is 0 Å². The number of hydrogen-bond donors (Lipinski definition) is 0. The largest absolute Gasteiger partial charge is 0.184 e. The van der Waals surface area contributed by atoms with E-state index in [0.717, 1.165) is 0 Å². The molecule has 1 heterocycles. The molecule has 0 radical (unpaired) electrons. The van der Waals surface area contributed by atoms with Crippen molar-refractivity contribution in [1.29, 1.82) is 0 Å². The van der Waals surface area contributed by atoms with Crippen LogP contribution in [-0.2, 0) is 5.54 Å². The van der Waals surface area contributed by atoms with Gasteiger partial charge in [0.15, 0.2) is 11.7 Å². The fraction of sp³-hybridized carbons (Fsp3) is 0.700. The second kappa shape index (κ2) is 3.17. The fourth-order valence-electron chi connectivity index (χ4n) is 0.974. The van der Waals surface area contributed by atoms with Crippen molar-refractivity contribution in [1.82, 2.24) is 0 Å². The van der Waals surface area contributed by atoms with Crippen molar-refractivity contribution in [2.45, 2.75) is 46.1 Å². The molecule has 0 aromatic carbocycles. The van der Waals surface area contributed by atoms with E-state index < -0.39 is 0 Å². The molecule has 0 bridgehead atoms. The van der Waals surface area contributed by atoms with Crippen molar-refractivity contribution in [3.63, 3.8) is 0 Å². The first-order valence-electron chi connectivity index (χ1n) is 4.43. The third-order valence-corrected chi connectivity index (χ3v) is 3.49. The Morgan fingerprint density at radius 1 is 1.33 bits per heavy atom. The minimum atomic E-state index is 0.234. The van der Waals surface area contributed by atoms with Gasteiger partial charge in [0.2, 0.25) is 0 Å². The van der Waals surface area contributed by atoms with Gasteiger partial charge in [0.1, 0.15) is 11.5 Å². The van der Waals surface area contributed by atoms with Crippen LogP contribution < -0.4 is 3.96 Å². The Balaban J connectivity index is 2.92. The van der Waals surface area contributed by atoms with Crippen molar-refractivity contribution < 1.29 is 3.96 Å². The predicted octanol–water partition coefficient (Wildman–Crippen LogP) is 2.91. The third kappa shape index (κ3) is 2.07. The van der Waals surface area contributed by atoms with Crippen LogP contribution in [0.1, 0.15) is 45.4 Å². The molecule has 1 aromatic rings. The summed E-state index contributed by atoms with van der Waals surface area (Å²) >= 11 is 1.86. The van der Waals surface area contributed by atoms with Gasteiger partial charge in [-0.3, -0.25) is 0 Å². The van der Waals surface area contributed by atoms with Crippen LogP contribution in [0.5, 0.6) is 0 Å². The minimum Gasteiger partial charge on any atom is -0.136 e. The molecule has 68 valence electrons. The molecule has 0 aliphatic heterocycles. The summed E-state index contributed by atoms with van der Waals surface area (Å²) in [6.07, 6.45) is 2.18. The van der Waals surface area contributed by atoms with Crippen molar-refractivity contribution in [2.24, 2.45) is 0 Å². The van der Waals surface area contributed by atoms with Gasteiger partial charge in [0, 0.05) is 26.8 Å². The Morgan fingerprint density at radius 2 is 1.92 bits per heavy atom. The number of nitrogens with zero attached hydrogens (tertiary/aromatic N) is 1. The molecule has 0 aliphatic carbocycles. The van der Waals surface area contributed by atoms with Crippen LogP contribution in [0.15, 0.2) is 12.3 Å². The van der Waals surface area contributed by atoms with Gasteiger partial charge in [0.25, 0.3) is 0 Å². The maximum atomic E-state index is 2.31. The van der Waals surface area contributed by atoms with Crippen LogP contribution in [0, 0.1) is 0 Å². The molecule has 0 N–H and O–H groups in total. The van der Waals surface area contributed by atoms with E-state index >= 15 is 0 Å². The van der Waals surface area contributed by atoms with Gasteiger partial charge in [-0.2, -0.15) is 0 Å². The highest BCUT2D eigenvalue weighted by atomic mass is 32.1. The van der Waals surface area contributed by atoms with Crippen LogP contribution in [0.4, 0.5) is 0 Å². The lowest BCUT2D eigenvalue weighted by Gasteiger charge is -2.07. The molecule has 12 heavy (non-hydrogen) atoms. The lowest BCUT2D eigenvalue weighted by atomic mass is 10.1. The lowest BCUT2D eigenvalue weighted by molar-refractivity contribution is -0.692. The summed E-state index contributed by atoms with van der Waals surface area (Å²) in [7, 11) is 0. The normalized spacial score (nSPS) is 12.5. The standard InChI is InChI=1S/C10H18NS/c1-8(2)9-6-7-11(12-9)10(3,4)5/h6-8H,1-5H3/q+1. The van der Waals surface area contributed by atoms with Gasteiger partial charge in [-0.15, -0.1) is 3.96 Å². The smallest absolute Gasteiger partial charge is 0.136 e. The van der Waals surface area contributed by atoms with E-state index in [1.54, 1.807) is 0 Å². The second-order valence-corrected chi connectivity index (χ2v) is 5.51. The monoisotopic (exact) mass is 184 g/mol. The van der Waals surface area contributed by atoms with Gasteiger partial charge in [-0.05, 0) is 5.92 Å². The van der Waals surface area contributed by atoms with Crippen LogP contribution in [0.25, 0.3) is 0 Å². The summed E-state index contributed by atoms with van der Waals surface area (Å²) in [6, 6.07) is 2.22. The molecule has 0 saturated carbocycles. The highest BCUT2D eigenvalue weighted by Crippen LogP contribution is 2.18. The van der Waals surface area contributed by atoms with Crippen LogP contribution in [-0.4, -0.2) is 0 Å². The minimum absolute atomic E-state index is 0.234. The second-order valence-electron chi connectivity index (χ2n) is 4.46. The van der Waals surface area contributed by atoms with E-state index in [2.05, 4.69) is 50.8 Å². The van der Waals surface area contributed by atoms with Gasteiger partial charge in [-0.25, -0.2) is 0 Å². The lowest BCUT2D eigenvalue weighted by Crippen LogP contribution is -2.46. The van der Waals surface area contributed by atoms with Gasteiger partial charge >= 0.3 is 0 Å². The predicted molar refractivity (Wildman–Crippen MR) is 53.6 cm³/mol. The molecular formula is C10H18NS+. The highest BCUT2D eigenvalue weighted by Gasteiger charge is 2.24. The fourth-order valence-corrected chi connectivity index (χ4v) is 1.93. The molecule has 2 heteroatoms. The summed E-state index contributed by atoms with van der Waals surface area (Å²) in [5, 5.41) is 0. The Bertz CT molecular complexity index is 255. The first kappa shape index (κ1) is 9.72. The zero-order chi connectivity index (χ0) is 9.35. The van der Waals surface area contributed by atoms with E-state index in [-0.39, 0.29) is 5.54 Å². The quantitative estimate of drug-likeness (QED) is 0.591. The molecule has 1 nitrogen and oxygen atoms in total. The first-order valence-corrected chi connectivity index (χ1v) is 5.21. The van der Waals surface area contributed by atoms with Crippen molar-refractivity contribution in [2.75, 3.05) is 0 Å². The zero-order valence-electron chi connectivity index (χ0n) is 8.59. The summed E-state index contributed by atoms with van der Waals surface area (Å²) < 4.78 is 2.31. The third-order valence-electron chi connectivity index (χ3n) is 1.81. The van der Waals surface area contributed by atoms with Crippen LogP contribution in [0.3, 0.4) is 0 Å². The van der Waals surface area contributed by atoms with Crippen molar-refractivity contribution in [3.8, 4) is 0 Å². The average Bonchev–Trinajstić information content (AvgIpc) is 2.30. The van der Waals surface area contributed by atoms with Gasteiger partial charge in [0.05, 0.1) is 4.88 Å². The highest BCUT2D eigenvalue weighted by molar-refractivity contribution is 7.01. The molecule has 0 unspecified atom stereocenters. The Kier molecular flexibility index (Phi) is 2.57. The topological polar surface area (TPSA) is 3.88 Å². The van der Waals surface area contributed by atoms with E-state index in [1.807, 2.05) is 11.5 Å². The Hall–Kier alpha value is -0.370. The molecule has 0 aliphatic rings. The first-order chi connectivity index (χ1) is 5.41. The average molecular weight is 184 g/mol. The summed E-state index contributed by atoms with van der Waals surface area (Å²) in [5.74, 6) is 0.651. The number of aromatic nitrogens is 1. The summed E-state index contributed by atoms with van der Waals surface area (Å²) in [6.45, 7) is 11.2. The van der Waals surface area contributed by atoms with Crippen LogP contribution in [0.2, 0.25) is 0 Å². The molecule has 0 spiro atoms. The van der Waals surface area contributed by atoms with Crippen LogP contribution >= 0.6 is 11.5 Å². The molecular weight excluding hydrogens is 166 g/mol. The van der Waals surface area contributed by atoms with E-state index in [1.165, 1.54) is 4.88 Å². The van der Waals surface area contributed by atoms with Gasteiger partial charge in [-0.1, -0.05) is 13.8 Å². The summed E-state index contributed by atoms with van der Waals surface area (Å²) in [5.41, 5.74) is 0.234. The maximum absolute atomic E-state index is 2.31. The number of rotatable bonds is 1. The Morgan fingerprint density at radius 3 is 2.17 bits per heavy atom. The molecule has 0 fully saturated rings. The Labute approximate surface area is 79.2 Å². The summed E-state index contributed by atoms with van der Waals surface area (Å²) in [4.78, 5) is 1.46.